The molecule has 0 rings (SSSR count). The molecule has 0 bridgehead atoms. The number of nitrogens with two attached hydrogens (primary N) is 2. The zero-order valence-corrected chi connectivity index (χ0v) is 9.33. The zero-order chi connectivity index (χ0) is 8.69. The molecule has 0 aromatic carbocycles. The Morgan fingerprint density at radius 1 is 1.38 bits per heavy atom. The molecule has 0 amide bonds. The Labute approximate surface area is 91.2 Å². The lowest BCUT2D eigenvalue weighted by molar-refractivity contribution is -0.142. The van der Waals surface area contributed by atoms with Crippen LogP contribution >= 0.6 is 24.8 Å². The first-order chi connectivity index (χ1) is 5.22. The summed E-state index contributed by atoms with van der Waals surface area (Å²) >= 11 is 0. The van der Waals surface area contributed by atoms with Crippen molar-refractivity contribution in [3.8, 4) is 0 Å². The van der Waals surface area contributed by atoms with Crippen LogP contribution in [0.3, 0.4) is 0 Å². The molecule has 0 aromatic rings. The standard InChI is InChI=1S/C7H16N2O2.2ClH/c1-11-7(10)6(9)4-2-3-5-8;;/h6H,2-5,8-9H2,1H3;2*1H. The fourth-order valence-corrected chi connectivity index (χ4v) is 0.778. The third-order valence-electron chi connectivity index (χ3n) is 1.47. The number of rotatable bonds is 5. The SMILES string of the molecule is COC(=O)C(N)CCCCN.Cl.Cl. The van der Waals surface area contributed by atoms with E-state index in [1.54, 1.807) is 0 Å². The van der Waals surface area contributed by atoms with Crippen LogP contribution in [0, 0.1) is 0 Å². The van der Waals surface area contributed by atoms with Crippen LogP contribution in [0.5, 0.6) is 0 Å². The van der Waals surface area contributed by atoms with Crippen molar-refractivity contribution < 1.29 is 9.53 Å². The van der Waals surface area contributed by atoms with Crippen molar-refractivity contribution in [3.63, 3.8) is 0 Å². The minimum Gasteiger partial charge on any atom is -0.468 e. The van der Waals surface area contributed by atoms with Gasteiger partial charge in [-0.2, -0.15) is 0 Å². The van der Waals surface area contributed by atoms with Gasteiger partial charge in [0, 0.05) is 0 Å². The number of hydrogen-bond donors (Lipinski definition) is 2. The van der Waals surface area contributed by atoms with Gasteiger partial charge in [0.15, 0.2) is 0 Å². The van der Waals surface area contributed by atoms with Gasteiger partial charge in [-0.3, -0.25) is 4.79 Å². The van der Waals surface area contributed by atoms with Gasteiger partial charge in [0.05, 0.1) is 7.11 Å². The highest BCUT2D eigenvalue weighted by atomic mass is 35.5. The minimum atomic E-state index is -0.480. The number of halogens is 2. The number of carbonyl (C=O) groups excluding carboxylic acids is 1. The summed E-state index contributed by atoms with van der Waals surface area (Å²) in [6.07, 6.45) is 2.45. The largest absolute Gasteiger partial charge is 0.468 e. The molecule has 0 aliphatic heterocycles. The molecule has 0 aliphatic carbocycles. The number of unbranched alkanes of at least 4 members (excludes halogenated alkanes) is 1. The molecule has 0 aliphatic rings. The summed E-state index contributed by atoms with van der Waals surface area (Å²) in [5, 5.41) is 0. The first-order valence-corrected chi connectivity index (χ1v) is 3.76. The van der Waals surface area contributed by atoms with Gasteiger partial charge in [0.25, 0.3) is 0 Å². The van der Waals surface area contributed by atoms with E-state index in [9.17, 15) is 4.79 Å². The van der Waals surface area contributed by atoms with Gasteiger partial charge in [-0.05, 0) is 19.4 Å². The summed E-state index contributed by atoms with van der Waals surface area (Å²) in [6.45, 7) is 0.647. The summed E-state index contributed by atoms with van der Waals surface area (Å²) in [7, 11) is 1.34. The molecule has 0 spiro atoms. The molecule has 0 saturated carbocycles. The predicted molar refractivity (Wildman–Crippen MR) is 57.4 cm³/mol. The van der Waals surface area contributed by atoms with Crippen LogP contribution in [0.1, 0.15) is 19.3 Å². The van der Waals surface area contributed by atoms with Crippen molar-refractivity contribution in [3.05, 3.63) is 0 Å². The summed E-state index contributed by atoms with van der Waals surface area (Å²) in [4.78, 5) is 10.7. The lowest BCUT2D eigenvalue weighted by Gasteiger charge is -2.07. The number of esters is 1. The van der Waals surface area contributed by atoms with Crippen LogP contribution in [0.4, 0.5) is 0 Å². The van der Waals surface area contributed by atoms with E-state index in [2.05, 4.69) is 4.74 Å². The van der Waals surface area contributed by atoms with Gasteiger partial charge in [0.1, 0.15) is 6.04 Å². The van der Waals surface area contributed by atoms with Gasteiger partial charge in [-0.15, -0.1) is 24.8 Å². The fraction of sp³-hybridized carbons (Fsp3) is 0.857. The molecule has 0 saturated heterocycles. The smallest absolute Gasteiger partial charge is 0.322 e. The Morgan fingerprint density at radius 2 is 1.92 bits per heavy atom. The minimum absolute atomic E-state index is 0. The second kappa shape index (κ2) is 12.0. The molecule has 0 radical (unpaired) electrons. The Kier molecular flexibility index (Phi) is 17.2. The van der Waals surface area contributed by atoms with E-state index < -0.39 is 6.04 Å². The van der Waals surface area contributed by atoms with Crippen molar-refractivity contribution in [1.29, 1.82) is 0 Å². The third-order valence-corrected chi connectivity index (χ3v) is 1.47. The van der Waals surface area contributed by atoms with Gasteiger partial charge in [-0.25, -0.2) is 0 Å². The Bertz CT molecular complexity index is 125. The van der Waals surface area contributed by atoms with Gasteiger partial charge >= 0.3 is 5.97 Å². The van der Waals surface area contributed by atoms with E-state index >= 15 is 0 Å². The summed E-state index contributed by atoms with van der Waals surface area (Å²) in [6, 6.07) is -0.480. The molecule has 6 heteroatoms. The monoisotopic (exact) mass is 232 g/mol. The second-order valence-electron chi connectivity index (χ2n) is 2.41. The Hall–Kier alpha value is -0.0300. The lowest BCUT2D eigenvalue weighted by Crippen LogP contribution is -2.31. The second-order valence-corrected chi connectivity index (χ2v) is 2.41. The van der Waals surface area contributed by atoms with Gasteiger partial charge in [0.2, 0.25) is 0 Å². The van der Waals surface area contributed by atoms with E-state index in [1.807, 2.05) is 0 Å². The first kappa shape index (κ1) is 18.7. The molecule has 0 aromatic heterocycles. The zero-order valence-electron chi connectivity index (χ0n) is 7.69. The van der Waals surface area contributed by atoms with Crippen LogP contribution in [0.2, 0.25) is 0 Å². The van der Waals surface area contributed by atoms with Crippen molar-refractivity contribution in [1.82, 2.24) is 0 Å². The first-order valence-electron chi connectivity index (χ1n) is 3.76. The molecule has 1 atom stereocenters. The van der Waals surface area contributed by atoms with Crippen LogP contribution in [0.15, 0.2) is 0 Å². The summed E-state index contributed by atoms with van der Waals surface area (Å²) in [5.74, 6) is -0.345. The molecule has 4 N–H and O–H groups in total. The molecular formula is C7H18Cl2N2O2. The maximum Gasteiger partial charge on any atom is 0.322 e. The van der Waals surface area contributed by atoms with E-state index in [1.165, 1.54) is 7.11 Å². The van der Waals surface area contributed by atoms with E-state index in [0.29, 0.717) is 13.0 Å². The van der Waals surface area contributed by atoms with Crippen LogP contribution < -0.4 is 11.5 Å². The fourth-order valence-electron chi connectivity index (χ4n) is 0.778. The molecule has 0 fully saturated rings. The number of hydrogen-bond acceptors (Lipinski definition) is 4. The third kappa shape index (κ3) is 9.89. The quantitative estimate of drug-likeness (QED) is 0.534. The summed E-state index contributed by atoms with van der Waals surface area (Å²) in [5.41, 5.74) is 10.7. The van der Waals surface area contributed by atoms with Crippen molar-refractivity contribution in [2.75, 3.05) is 13.7 Å². The average molecular weight is 233 g/mol. The van der Waals surface area contributed by atoms with Crippen LogP contribution in [-0.2, 0) is 9.53 Å². The van der Waals surface area contributed by atoms with Crippen LogP contribution in [-0.4, -0.2) is 25.7 Å². The topological polar surface area (TPSA) is 78.3 Å². The molecule has 82 valence electrons. The van der Waals surface area contributed by atoms with Crippen molar-refractivity contribution in [2.45, 2.75) is 25.3 Å². The Balaban J connectivity index is -0.000000500. The average Bonchev–Trinajstić information content (AvgIpc) is 2.03. The van der Waals surface area contributed by atoms with Crippen molar-refractivity contribution in [2.24, 2.45) is 11.5 Å². The van der Waals surface area contributed by atoms with Gasteiger partial charge in [-0.1, -0.05) is 6.42 Å². The van der Waals surface area contributed by atoms with Gasteiger partial charge < -0.3 is 16.2 Å². The number of methoxy groups -OCH3 is 1. The van der Waals surface area contributed by atoms with E-state index in [4.69, 9.17) is 11.5 Å². The molecule has 4 nitrogen and oxygen atoms in total. The predicted octanol–water partition coefficient (Wildman–Crippen LogP) is 0.459. The van der Waals surface area contributed by atoms with E-state index in [-0.39, 0.29) is 30.8 Å². The normalized spacial score (nSPS) is 10.7. The molecule has 13 heavy (non-hydrogen) atoms. The van der Waals surface area contributed by atoms with Crippen molar-refractivity contribution >= 4 is 30.8 Å². The molecular weight excluding hydrogens is 215 g/mol. The number of carbonyl (C=O) groups is 1. The van der Waals surface area contributed by atoms with Crippen LogP contribution in [0.25, 0.3) is 0 Å². The molecule has 0 heterocycles. The highest BCUT2D eigenvalue weighted by Gasteiger charge is 2.11. The maximum atomic E-state index is 10.7. The lowest BCUT2D eigenvalue weighted by atomic mass is 10.1. The highest BCUT2D eigenvalue weighted by Crippen LogP contribution is 1.98. The molecule has 1 unspecified atom stereocenters. The highest BCUT2D eigenvalue weighted by molar-refractivity contribution is 5.85. The maximum absolute atomic E-state index is 10.7. The summed E-state index contributed by atoms with van der Waals surface area (Å²) < 4.78 is 4.45. The number of ether oxygens (including phenoxy) is 1. The van der Waals surface area contributed by atoms with E-state index in [0.717, 1.165) is 12.8 Å². The Morgan fingerprint density at radius 3 is 2.31 bits per heavy atom.